The van der Waals surface area contributed by atoms with Crippen LogP contribution in [0.1, 0.15) is 48.1 Å². The van der Waals surface area contributed by atoms with Gasteiger partial charge in [-0.1, -0.05) is 53.4 Å². The second-order valence-electron chi connectivity index (χ2n) is 9.26. The van der Waals surface area contributed by atoms with Gasteiger partial charge in [0.25, 0.3) is 0 Å². The summed E-state index contributed by atoms with van der Waals surface area (Å²) in [6, 6.07) is 15.5. The number of benzene rings is 2. The number of halogens is 2. The van der Waals surface area contributed by atoms with Gasteiger partial charge in [-0.15, -0.1) is 11.3 Å². The molecule has 1 heterocycles. The second-order valence-corrected chi connectivity index (χ2v) is 11.2. The molecule has 0 atom stereocenters. The number of nitrogens with one attached hydrogen (secondary N) is 1. The van der Waals surface area contributed by atoms with Gasteiger partial charge < -0.3 is 15.1 Å². The largest absolute Gasteiger partial charge is 0.332 e. The van der Waals surface area contributed by atoms with Crippen LogP contribution in [0.4, 0.5) is 14.9 Å². The SMILES string of the molecule is Cc1ccsc1CN(Cc1ccc(F)cc1)C(=O)CN(C(=O)Nc1cccc(Br)c1)C1CCCCC1. The lowest BCUT2D eigenvalue weighted by atomic mass is 9.94. The highest BCUT2D eigenvalue weighted by Gasteiger charge is 2.29. The second kappa shape index (κ2) is 12.5. The first-order chi connectivity index (χ1) is 17.4. The summed E-state index contributed by atoms with van der Waals surface area (Å²) in [6.45, 7) is 2.83. The summed E-state index contributed by atoms with van der Waals surface area (Å²) >= 11 is 5.06. The van der Waals surface area contributed by atoms with E-state index in [2.05, 4.69) is 21.2 Å². The number of urea groups is 1. The molecule has 1 aliphatic rings. The van der Waals surface area contributed by atoms with E-state index in [0.29, 0.717) is 18.8 Å². The van der Waals surface area contributed by atoms with E-state index >= 15 is 0 Å². The Hall–Kier alpha value is -2.71. The highest BCUT2D eigenvalue weighted by Crippen LogP contribution is 2.25. The maximum absolute atomic E-state index is 13.7. The molecule has 3 aromatic rings. The predicted octanol–water partition coefficient (Wildman–Crippen LogP) is 7.35. The van der Waals surface area contributed by atoms with Crippen LogP contribution in [0.5, 0.6) is 0 Å². The number of hydrogen-bond donors (Lipinski definition) is 1. The van der Waals surface area contributed by atoms with Gasteiger partial charge in [0.2, 0.25) is 5.91 Å². The Morgan fingerprint density at radius 1 is 1.06 bits per heavy atom. The van der Waals surface area contributed by atoms with Gasteiger partial charge in [0.15, 0.2) is 0 Å². The molecule has 4 rings (SSSR count). The topological polar surface area (TPSA) is 52.7 Å². The summed E-state index contributed by atoms with van der Waals surface area (Å²) in [5, 5.41) is 5.00. The average Bonchev–Trinajstić information content (AvgIpc) is 3.28. The van der Waals surface area contributed by atoms with Gasteiger partial charge >= 0.3 is 6.03 Å². The van der Waals surface area contributed by atoms with Crippen molar-refractivity contribution in [2.75, 3.05) is 11.9 Å². The first-order valence-electron chi connectivity index (χ1n) is 12.3. The molecule has 1 saturated carbocycles. The lowest BCUT2D eigenvalue weighted by Gasteiger charge is -2.35. The zero-order valence-electron chi connectivity index (χ0n) is 20.4. The smallest absolute Gasteiger partial charge is 0.322 e. The molecule has 8 heteroatoms. The number of anilines is 1. The number of hydrogen-bond acceptors (Lipinski definition) is 3. The van der Waals surface area contributed by atoms with Gasteiger partial charge in [-0.05, 0) is 72.7 Å². The predicted molar refractivity (Wildman–Crippen MR) is 146 cm³/mol. The highest BCUT2D eigenvalue weighted by atomic mass is 79.9. The number of thiophene rings is 1. The van der Waals surface area contributed by atoms with Crippen molar-refractivity contribution >= 4 is 44.9 Å². The fourth-order valence-corrected chi connectivity index (χ4v) is 5.87. The molecule has 1 aromatic heterocycles. The van der Waals surface area contributed by atoms with E-state index in [1.165, 1.54) is 12.1 Å². The Morgan fingerprint density at radius 2 is 1.81 bits per heavy atom. The number of nitrogens with zero attached hydrogens (tertiary/aromatic N) is 2. The molecular formula is C28H31BrFN3O2S. The molecule has 1 aliphatic carbocycles. The van der Waals surface area contributed by atoms with Crippen molar-refractivity contribution in [1.29, 1.82) is 0 Å². The van der Waals surface area contributed by atoms with Gasteiger partial charge in [-0.3, -0.25) is 4.79 Å². The third-order valence-electron chi connectivity index (χ3n) is 6.60. The minimum absolute atomic E-state index is 0.00385. The molecule has 0 saturated heterocycles. The molecule has 0 bridgehead atoms. The summed E-state index contributed by atoms with van der Waals surface area (Å²) in [5.74, 6) is -0.430. The molecule has 36 heavy (non-hydrogen) atoms. The van der Waals surface area contributed by atoms with Gasteiger partial charge in [0.1, 0.15) is 12.4 Å². The van der Waals surface area contributed by atoms with E-state index in [4.69, 9.17) is 0 Å². The van der Waals surface area contributed by atoms with Crippen molar-refractivity contribution in [1.82, 2.24) is 9.80 Å². The van der Waals surface area contributed by atoms with Crippen LogP contribution in [0.25, 0.3) is 0 Å². The molecule has 0 aliphatic heterocycles. The maximum Gasteiger partial charge on any atom is 0.322 e. The molecule has 0 radical (unpaired) electrons. The van der Waals surface area contributed by atoms with E-state index in [1.807, 2.05) is 42.6 Å². The molecule has 1 N–H and O–H groups in total. The summed E-state index contributed by atoms with van der Waals surface area (Å²) in [6.07, 6.45) is 5.03. The van der Waals surface area contributed by atoms with Gasteiger partial charge in [-0.25, -0.2) is 9.18 Å². The average molecular weight is 573 g/mol. The van der Waals surface area contributed by atoms with Crippen LogP contribution in [0.3, 0.4) is 0 Å². The van der Waals surface area contributed by atoms with Crippen LogP contribution in [0, 0.1) is 12.7 Å². The Kier molecular flexibility index (Phi) is 9.15. The van der Waals surface area contributed by atoms with Crippen molar-refractivity contribution in [2.45, 2.75) is 58.2 Å². The molecular weight excluding hydrogens is 541 g/mol. The molecule has 3 amide bonds. The fraction of sp³-hybridized carbons (Fsp3) is 0.357. The van der Waals surface area contributed by atoms with E-state index in [-0.39, 0.29) is 30.3 Å². The van der Waals surface area contributed by atoms with Crippen LogP contribution < -0.4 is 5.32 Å². The molecule has 190 valence electrons. The summed E-state index contributed by atoms with van der Waals surface area (Å²) in [5.41, 5.74) is 2.66. The Bertz CT molecular complexity index is 1180. The molecule has 0 spiro atoms. The summed E-state index contributed by atoms with van der Waals surface area (Å²) < 4.78 is 14.4. The number of rotatable bonds is 8. The summed E-state index contributed by atoms with van der Waals surface area (Å²) in [7, 11) is 0. The molecule has 5 nitrogen and oxygen atoms in total. The van der Waals surface area contributed by atoms with Crippen LogP contribution >= 0.6 is 27.3 Å². The highest BCUT2D eigenvalue weighted by molar-refractivity contribution is 9.10. The Labute approximate surface area is 224 Å². The number of aryl methyl sites for hydroxylation is 1. The van der Waals surface area contributed by atoms with E-state index in [0.717, 1.165) is 52.6 Å². The van der Waals surface area contributed by atoms with Crippen molar-refractivity contribution in [3.05, 3.63) is 86.3 Å². The van der Waals surface area contributed by atoms with E-state index in [9.17, 15) is 14.0 Å². The van der Waals surface area contributed by atoms with E-state index < -0.39 is 0 Å². The minimum atomic E-state index is -0.307. The molecule has 2 aromatic carbocycles. The van der Waals surface area contributed by atoms with Gasteiger partial charge in [0.05, 0.1) is 6.54 Å². The molecule has 0 unspecified atom stereocenters. The first-order valence-corrected chi connectivity index (χ1v) is 13.9. The number of carbonyl (C=O) groups excluding carboxylic acids is 2. The maximum atomic E-state index is 13.7. The third kappa shape index (κ3) is 7.17. The fourth-order valence-electron chi connectivity index (χ4n) is 4.55. The lowest BCUT2D eigenvalue weighted by molar-refractivity contribution is -0.133. The van der Waals surface area contributed by atoms with Crippen LogP contribution in [-0.2, 0) is 17.9 Å². The van der Waals surface area contributed by atoms with Crippen LogP contribution in [0.2, 0.25) is 0 Å². The lowest BCUT2D eigenvalue weighted by Crippen LogP contribution is -2.49. The molecule has 1 fully saturated rings. The van der Waals surface area contributed by atoms with Gasteiger partial charge in [0, 0.05) is 27.6 Å². The normalized spacial score (nSPS) is 13.9. The third-order valence-corrected chi connectivity index (χ3v) is 8.10. The van der Waals surface area contributed by atoms with Crippen molar-refractivity contribution < 1.29 is 14.0 Å². The summed E-state index contributed by atoms with van der Waals surface area (Å²) in [4.78, 5) is 31.8. The zero-order valence-corrected chi connectivity index (χ0v) is 22.8. The van der Waals surface area contributed by atoms with Crippen LogP contribution in [-0.4, -0.2) is 34.3 Å². The van der Waals surface area contributed by atoms with Crippen LogP contribution in [0.15, 0.2) is 64.5 Å². The minimum Gasteiger partial charge on any atom is -0.332 e. The zero-order chi connectivity index (χ0) is 25.5. The van der Waals surface area contributed by atoms with E-state index in [1.54, 1.807) is 33.3 Å². The number of carbonyl (C=O) groups is 2. The number of amides is 3. The Balaban J connectivity index is 1.55. The van der Waals surface area contributed by atoms with Crippen molar-refractivity contribution in [2.24, 2.45) is 0 Å². The standard InChI is InChI=1S/C28H31BrFN3O2S/c1-20-14-15-36-26(20)18-32(17-21-10-12-23(30)13-11-21)27(34)19-33(25-8-3-2-4-9-25)28(35)31-24-7-5-6-22(29)16-24/h5-7,10-16,25H,2-4,8-9,17-19H2,1H3,(H,31,35). The quantitative estimate of drug-likeness (QED) is 0.307. The first kappa shape index (κ1) is 26.4. The Morgan fingerprint density at radius 3 is 2.47 bits per heavy atom. The van der Waals surface area contributed by atoms with Crippen molar-refractivity contribution in [3.8, 4) is 0 Å². The van der Waals surface area contributed by atoms with Crippen molar-refractivity contribution in [3.63, 3.8) is 0 Å². The van der Waals surface area contributed by atoms with Gasteiger partial charge in [-0.2, -0.15) is 0 Å². The monoisotopic (exact) mass is 571 g/mol.